The van der Waals surface area contributed by atoms with Crippen LogP contribution in [0.4, 0.5) is 0 Å². The van der Waals surface area contributed by atoms with Crippen LogP contribution >= 0.6 is 27.3 Å². The average Bonchev–Trinajstić information content (AvgIpc) is 2.61. The Morgan fingerprint density at radius 2 is 2.24 bits per heavy atom. The van der Waals surface area contributed by atoms with Crippen molar-refractivity contribution in [3.63, 3.8) is 0 Å². The van der Waals surface area contributed by atoms with E-state index in [0.717, 1.165) is 9.35 Å². The van der Waals surface area contributed by atoms with Gasteiger partial charge in [-0.25, -0.2) is 8.42 Å². The molecule has 0 radical (unpaired) electrons. The number of rotatable bonds is 6. The second-order valence-electron chi connectivity index (χ2n) is 3.45. The molecule has 0 aliphatic carbocycles. The predicted octanol–water partition coefficient (Wildman–Crippen LogP) is 1.75. The number of carboxylic acid groups (broad SMARTS) is 1. The van der Waals surface area contributed by atoms with Gasteiger partial charge in [0.15, 0.2) is 0 Å². The van der Waals surface area contributed by atoms with Crippen LogP contribution in [0.3, 0.4) is 0 Å². The van der Waals surface area contributed by atoms with Gasteiger partial charge in [-0.3, -0.25) is 4.79 Å². The van der Waals surface area contributed by atoms with E-state index in [1.54, 1.807) is 0 Å². The quantitative estimate of drug-likeness (QED) is 0.855. The molecule has 0 aliphatic heterocycles. The van der Waals surface area contributed by atoms with Crippen LogP contribution in [0, 0.1) is 0 Å². The van der Waals surface area contributed by atoms with Crippen molar-refractivity contribution in [2.24, 2.45) is 0 Å². The van der Waals surface area contributed by atoms with Gasteiger partial charge in [-0.05, 0) is 22.0 Å². The molecule has 0 atom stereocenters. The Balaban J connectivity index is 2.62. The molecule has 0 saturated heterocycles. The van der Waals surface area contributed by atoms with Crippen molar-refractivity contribution in [3.05, 3.63) is 20.8 Å². The number of thiophene rings is 1. The molecule has 5 nitrogen and oxygen atoms in total. The van der Waals surface area contributed by atoms with Crippen LogP contribution in [0.15, 0.2) is 15.9 Å². The van der Waals surface area contributed by atoms with Gasteiger partial charge in [0.05, 0.1) is 12.2 Å². The molecule has 0 amide bonds. The minimum atomic E-state index is -3.50. The maximum Gasteiger partial charge on any atom is 0.304 e. The molecule has 1 aromatic heterocycles. The number of sulfonamides is 1. The van der Waals surface area contributed by atoms with Crippen LogP contribution in [0.1, 0.15) is 11.3 Å². The number of carboxylic acids is 1. The molecule has 8 heteroatoms. The number of halogens is 1. The lowest BCUT2D eigenvalue weighted by Gasteiger charge is -2.15. The molecule has 96 valence electrons. The fourth-order valence-corrected chi connectivity index (χ4v) is 3.79. The third-order valence-electron chi connectivity index (χ3n) is 2.05. The molecule has 0 spiro atoms. The zero-order valence-electron chi connectivity index (χ0n) is 9.09. The second kappa shape index (κ2) is 5.94. The van der Waals surface area contributed by atoms with E-state index < -0.39 is 16.0 Å². The van der Waals surface area contributed by atoms with Gasteiger partial charge in [0.2, 0.25) is 10.0 Å². The van der Waals surface area contributed by atoms with Gasteiger partial charge in [0, 0.05) is 28.3 Å². The molecule has 1 aromatic rings. The van der Waals surface area contributed by atoms with Gasteiger partial charge in [0.1, 0.15) is 0 Å². The maximum absolute atomic E-state index is 11.7. The van der Waals surface area contributed by atoms with Crippen LogP contribution in [-0.2, 0) is 21.4 Å². The van der Waals surface area contributed by atoms with E-state index in [1.807, 2.05) is 11.4 Å². The van der Waals surface area contributed by atoms with Crippen LogP contribution in [0.5, 0.6) is 0 Å². The minimum Gasteiger partial charge on any atom is -0.481 e. The Bertz CT molecular complexity index is 497. The molecule has 0 aliphatic rings. The van der Waals surface area contributed by atoms with E-state index in [1.165, 1.54) is 22.7 Å². The summed E-state index contributed by atoms with van der Waals surface area (Å²) < 4.78 is 25.5. The minimum absolute atomic E-state index is 0.262. The Morgan fingerprint density at radius 3 is 2.71 bits per heavy atom. The molecule has 0 aromatic carbocycles. The summed E-state index contributed by atoms with van der Waals surface area (Å²) in [5.41, 5.74) is 0. The maximum atomic E-state index is 11.7. The Labute approximate surface area is 112 Å². The predicted molar refractivity (Wildman–Crippen MR) is 69.5 cm³/mol. The van der Waals surface area contributed by atoms with E-state index in [2.05, 4.69) is 15.9 Å². The van der Waals surface area contributed by atoms with Gasteiger partial charge >= 0.3 is 5.97 Å². The number of hydrogen-bond donors (Lipinski definition) is 1. The molecule has 1 heterocycles. The molecule has 0 fully saturated rings. The summed E-state index contributed by atoms with van der Waals surface area (Å²) in [7, 11) is -2.05. The monoisotopic (exact) mass is 341 g/mol. The molecular formula is C9H12BrNO4S2. The third kappa shape index (κ3) is 4.74. The van der Waals surface area contributed by atoms with Crippen LogP contribution in [0.2, 0.25) is 0 Å². The fourth-order valence-electron chi connectivity index (χ4n) is 1.13. The zero-order chi connectivity index (χ0) is 13.1. The smallest absolute Gasteiger partial charge is 0.304 e. The highest BCUT2D eigenvalue weighted by atomic mass is 79.9. The van der Waals surface area contributed by atoms with Crippen molar-refractivity contribution in [1.29, 1.82) is 0 Å². The van der Waals surface area contributed by atoms with E-state index in [9.17, 15) is 13.2 Å². The molecule has 0 saturated carbocycles. The first-order valence-electron chi connectivity index (χ1n) is 4.70. The van der Waals surface area contributed by atoms with Crippen LogP contribution in [0.25, 0.3) is 0 Å². The Kier molecular flexibility index (Phi) is 5.11. The standard InChI is InChI=1S/C9H12BrNO4S2/c1-11(5-8-4-7(10)6-16-8)17(14,15)3-2-9(12)13/h4,6H,2-3,5H2,1H3,(H,12,13). The first kappa shape index (κ1) is 14.6. The number of hydrogen-bond acceptors (Lipinski definition) is 4. The van der Waals surface area contributed by atoms with E-state index in [-0.39, 0.29) is 18.7 Å². The lowest BCUT2D eigenvalue weighted by molar-refractivity contribution is -0.136. The van der Waals surface area contributed by atoms with Gasteiger partial charge in [-0.15, -0.1) is 11.3 Å². The summed E-state index contributed by atoms with van der Waals surface area (Å²) in [6.45, 7) is 0.262. The molecule has 1 rings (SSSR count). The van der Waals surface area contributed by atoms with E-state index >= 15 is 0 Å². The van der Waals surface area contributed by atoms with Crippen molar-refractivity contribution in [2.75, 3.05) is 12.8 Å². The van der Waals surface area contributed by atoms with E-state index in [4.69, 9.17) is 5.11 Å². The van der Waals surface area contributed by atoms with E-state index in [0.29, 0.717) is 0 Å². The number of carbonyl (C=O) groups is 1. The summed E-state index contributed by atoms with van der Waals surface area (Å²) >= 11 is 4.74. The third-order valence-corrected chi connectivity index (χ3v) is 5.53. The molecule has 0 unspecified atom stereocenters. The topological polar surface area (TPSA) is 74.7 Å². The molecule has 0 bridgehead atoms. The Morgan fingerprint density at radius 1 is 1.59 bits per heavy atom. The van der Waals surface area contributed by atoms with Gasteiger partial charge in [-0.2, -0.15) is 4.31 Å². The normalized spacial score (nSPS) is 11.9. The molecule has 1 N–H and O–H groups in total. The largest absolute Gasteiger partial charge is 0.481 e. The highest BCUT2D eigenvalue weighted by Gasteiger charge is 2.19. The van der Waals surface area contributed by atoms with Crippen LogP contribution in [-0.4, -0.2) is 36.6 Å². The zero-order valence-corrected chi connectivity index (χ0v) is 12.3. The van der Waals surface area contributed by atoms with Crippen molar-refractivity contribution in [3.8, 4) is 0 Å². The van der Waals surface area contributed by atoms with Crippen molar-refractivity contribution in [2.45, 2.75) is 13.0 Å². The van der Waals surface area contributed by atoms with Gasteiger partial charge < -0.3 is 5.11 Å². The van der Waals surface area contributed by atoms with Crippen LogP contribution < -0.4 is 0 Å². The summed E-state index contributed by atoms with van der Waals surface area (Å²) in [5.74, 6) is -1.48. The number of nitrogens with zero attached hydrogens (tertiary/aromatic N) is 1. The van der Waals surface area contributed by atoms with Gasteiger partial charge in [-0.1, -0.05) is 0 Å². The summed E-state index contributed by atoms with van der Waals surface area (Å²) in [6, 6.07) is 1.84. The summed E-state index contributed by atoms with van der Waals surface area (Å²) in [4.78, 5) is 11.2. The van der Waals surface area contributed by atoms with Gasteiger partial charge in [0.25, 0.3) is 0 Å². The Hall–Kier alpha value is -0.440. The van der Waals surface area contributed by atoms with Crippen molar-refractivity contribution >= 4 is 43.3 Å². The number of aliphatic carboxylic acids is 1. The highest BCUT2D eigenvalue weighted by Crippen LogP contribution is 2.21. The second-order valence-corrected chi connectivity index (χ2v) is 7.55. The average molecular weight is 342 g/mol. The lowest BCUT2D eigenvalue weighted by atomic mass is 10.5. The fraction of sp³-hybridized carbons (Fsp3) is 0.444. The SMILES string of the molecule is CN(Cc1cc(Br)cs1)S(=O)(=O)CCC(=O)O. The van der Waals surface area contributed by atoms with Crippen molar-refractivity contribution < 1.29 is 18.3 Å². The molecule has 17 heavy (non-hydrogen) atoms. The van der Waals surface area contributed by atoms with Crippen molar-refractivity contribution in [1.82, 2.24) is 4.31 Å². The molecular weight excluding hydrogens is 330 g/mol. The summed E-state index contributed by atoms with van der Waals surface area (Å²) in [5, 5.41) is 10.3. The summed E-state index contributed by atoms with van der Waals surface area (Å²) in [6.07, 6.45) is -0.374. The highest BCUT2D eigenvalue weighted by molar-refractivity contribution is 9.10. The first-order chi connectivity index (χ1) is 7.81. The lowest BCUT2D eigenvalue weighted by Crippen LogP contribution is -2.29. The first-order valence-corrected chi connectivity index (χ1v) is 7.98.